The zero-order chi connectivity index (χ0) is 9.15. The molecule has 12 heavy (non-hydrogen) atoms. The Bertz CT molecular complexity index is 189. The molecule has 4 heteroatoms. The van der Waals surface area contributed by atoms with Crippen LogP contribution in [-0.4, -0.2) is 6.47 Å². The molecule has 0 aromatic heterocycles. The van der Waals surface area contributed by atoms with Crippen LogP contribution in [-0.2, 0) is 0 Å². The highest BCUT2D eigenvalue weighted by Gasteiger charge is 2.62. The third kappa shape index (κ3) is 1.82. The molecule has 2 aliphatic carbocycles. The summed E-state index contributed by atoms with van der Waals surface area (Å²) < 4.78 is 0.524. The fraction of sp³-hybridized carbons (Fsp3) is 1.00. The molecule has 0 spiro atoms. The van der Waals surface area contributed by atoms with E-state index >= 15 is 0 Å². The van der Waals surface area contributed by atoms with Gasteiger partial charge in [-0.2, -0.15) is 0 Å². The van der Waals surface area contributed by atoms with Crippen LogP contribution < -0.4 is 0 Å². The van der Waals surface area contributed by atoms with Crippen molar-refractivity contribution in [3.05, 3.63) is 0 Å². The molecule has 2 fully saturated rings. The molecule has 0 nitrogen and oxygen atoms in total. The molecule has 2 atom stereocenters. The minimum Gasteiger partial charge on any atom is -0.0724 e. The van der Waals surface area contributed by atoms with Crippen molar-refractivity contribution in [3.63, 3.8) is 0 Å². The molecule has 0 radical (unpaired) electrons. The smallest absolute Gasteiger partial charge is 0.0724 e. The summed E-state index contributed by atoms with van der Waals surface area (Å²) in [5.74, 6) is 2.40. The van der Waals surface area contributed by atoms with E-state index in [-0.39, 0.29) is 6.47 Å². The Balaban J connectivity index is 1.92. The zero-order valence-corrected chi connectivity index (χ0v) is 13.0. The van der Waals surface area contributed by atoms with Gasteiger partial charge in [0.05, 0.1) is 6.47 Å². The summed E-state index contributed by atoms with van der Waals surface area (Å²) in [6.07, 6.45) is 2.53. The average molecular weight is 426 g/mol. The molecular weight excluding hydrogens is 416 g/mol. The summed E-state index contributed by atoms with van der Waals surface area (Å²) in [6, 6.07) is 0. The summed E-state index contributed by atoms with van der Waals surface area (Å²) in [5, 5.41) is 0. The van der Waals surface area contributed by atoms with Crippen LogP contribution in [0.2, 0.25) is 0 Å². The normalized spacial score (nSPS) is 43.8. The molecule has 0 amide bonds. The lowest BCUT2D eigenvalue weighted by Crippen LogP contribution is -2.08. The molecular formula is C8H10Br4. The van der Waals surface area contributed by atoms with Gasteiger partial charge in [0.2, 0.25) is 0 Å². The van der Waals surface area contributed by atoms with Crippen molar-refractivity contribution in [1.82, 2.24) is 0 Å². The first-order valence-corrected chi connectivity index (χ1v) is 7.27. The first-order chi connectivity index (χ1) is 5.34. The third-order valence-electron chi connectivity index (χ3n) is 3.02. The maximum atomic E-state index is 3.67. The van der Waals surface area contributed by atoms with Crippen LogP contribution in [0.25, 0.3) is 0 Å². The summed E-state index contributed by atoms with van der Waals surface area (Å²) in [6.45, 7) is 2.35. The quantitative estimate of drug-likeness (QED) is 0.566. The van der Waals surface area contributed by atoms with Crippen molar-refractivity contribution in [3.8, 4) is 0 Å². The fourth-order valence-electron chi connectivity index (χ4n) is 1.89. The first kappa shape index (κ1) is 10.4. The molecule has 70 valence electrons. The van der Waals surface area contributed by atoms with E-state index in [1.54, 1.807) is 0 Å². The summed E-state index contributed by atoms with van der Waals surface area (Å²) in [5.41, 5.74) is 0. The van der Waals surface area contributed by atoms with Gasteiger partial charge < -0.3 is 0 Å². The van der Waals surface area contributed by atoms with E-state index in [9.17, 15) is 0 Å². The van der Waals surface area contributed by atoms with Gasteiger partial charge in [0.1, 0.15) is 0 Å². The average Bonchev–Trinajstić information content (AvgIpc) is 2.70. The Hall–Kier alpha value is 1.92. The predicted octanol–water partition coefficient (Wildman–Crippen LogP) is 4.63. The molecule has 0 heterocycles. The second kappa shape index (κ2) is 2.96. The van der Waals surface area contributed by atoms with Crippen LogP contribution >= 0.6 is 63.7 Å². The summed E-state index contributed by atoms with van der Waals surface area (Å²) in [4.78, 5) is 0. The minimum atomic E-state index is 0.262. The number of rotatable bonds is 2. The largest absolute Gasteiger partial charge is 0.0840 e. The van der Waals surface area contributed by atoms with Crippen LogP contribution in [0.3, 0.4) is 0 Å². The molecule has 0 bridgehead atoms. The van der Waals surface area contributed by atoms with Crippen molar-refractivity contribution in [2.45, 2.75) is 26.2 Å². The van der Waals surface area contributed by atoms with Gasteiger partial charge in [0, 0.05) is 0 Å². The lowest BCUT2D eigenvalue weighted by atomic mass is 10.0. The minimum absolute atomic E-state index is 0.262. The molecule has 0 saturated heterocycles. The molecule has 0 aromatic rings. The monoisotopic (exact) mass is 422 g/mol. The Kier molecular flexibility index (Phi) is 2.57. The standard InChI is InChI=1S/C8H10Br4/c1-4(5-2-7(5,9)10)6-3-8(6,11)12/h4-6H,2-3H2,1H3. The van der Waals surface area contributed by atoms with Crippen molar-refractivity contribution < 1.29 is 0 Å². The third-order valence-corrected chi connectivity index (χ3v) is 6.67. The molecule has 2 rings (SSSR count). The van der Waals surface area contributed by atoms with Crippen molar-refractivity contribution in [2.24, 2.45) is 17.8 Å². The van der Waals surface area contributed by atoms with E-state index in [1.165, 1.54) is 12.8 Å². The summed E-state index contributed by atoms with van der Waals surface area (Å²) in [7, 11) is 0. The molecule has 2 aliphatic rings. The van der Waals surface area contributed by atoms with Gasteiger partial charge in [-0.05, 0) is 30.6 Å². The van der Waals surface area contributed by atoms with E-state index in [2.05, 4.69) is 70.6 Å². The van der Waals surface area contributed by atoms with Crippen molar-refractivity contribution >= 4 is 63.7 Å². The Morgan fingerprint density at radius 1 is 1.00 bits per heavy atom. The van der Waals surface area contributed by atoms with Crippen LogP contribution in [0.5, 0.6) is 0 Å². The first-order valence-electron chi connectivity index (χ1n) is 4.10. The van der Waals surface area contributed by atoms with Gasteiger partial charge in [-0.25, -0.2) is 0 Å². The fourth-order valence-corrected chi connectivity index (χ4v) is 4.95. The van der Waals surface area contributed by atoms with Gasteiger partial charge in [-0.15, -0.1) is 0 Å². The predicted molar refractivity (Wildman–Crippen MR) is 66.5 cm³/mol. The molecule has 0 aromatic carbocycles. The maximum absolute atomic E-state index is 3.67. The van der Waals surface area contributed by atoms with E-state index in [1.807, 2.05) is 0 Å². The number of hydrogen-bond acceptors (Lipinski definition) is 0. The van der Waals surface area contributed by atoms with Gasteiger partial charge in [-0.3, -0.25) is 0 Å². The van der Waals surface area contributed by atoms with Gasteiger partial charge >= 0.3 is 0 Å². The molecule has 2 saturated carbocycles. The SMILES string of the molecule is CC(C1CC1(Br)Br)C1CC1(Br)Br. The maximum Gasteiger partial charge on any atom is 0.0840 e. The molecule has 0 aliphatic heterocycles. The summed E-state index contributed by atoms with van der Waals surface area (Å²) >= 11 is 14.7. The zero-order valence-electron chi connectivity index (χ0n) is 6.66. The van der Waals surface area contributed by atoms with Crippen molar-refractivity contribution in [2.75, 3.05) is 0 Å². The second-order valence-electron chi connectivity index (χ2n) is 4.00. The second-order valence-corrected chi connectivity index (χ2v) is 11.8. The van der Waals surface area contributed by atoms with Gasteiger partial charge in [0.15, 0.2) is 0 Å². The van der Waals surface area contributed by atoms with Gasteiger partial charge in [0.25, 0.3) is 0 Å². The Morgan fingerprint density at radius 2 is 1.25 bits per heavy atom. The number of halogens is 4. The highest BCUT2D eigenvalue weighted by atomic mass is 79.9. The van der Waals surface area contributed by atoms with E-state index in [0.717, 1.165) is 17.8 Å². The van der Waals surface area contributed by atoms with Gasteiger partial charge in [-0.1, -0.05) is 70.6 Å². The van der Waals surface area contributed by atoms with E-state index in [4.69, 9.17) is 0 Å². The van der Waals surface area contributed by atoms with E-state index in [0.29, 0.717) is 0 Å². The highest BCUT2D eigenvalue weighted by Crippen LogP contribution is 2.68. The molecule has 2 unspecified atom stereocenters. The topological polar surface area (TPSA) is 0 Å². The lowest BCUT2D eigenvalue weighted by Gasteiger charge is -2.11. The Labute approximate surface area is 107 Å². The highest BCUT2D eigenvalue weighted by molar-refractivity contribution is 9.26. The lowest BCUT2D eigenvalue weighted by molar-refractivity contribution is 0.447. The Morgan fingerprint density at radius 3 is 1.42 bits per heavy atom. The number of hydrogen-bond donors (Lipinski definition) is 0. The van der Waals surface area contributed by atoms with E-state index < -0.39 is 0 Å². The van der Waals surface area contributed by atoms with Crippen LogP contribution in [0, 0.1) is 17.8 Å². The van der Waals surface area contributed by atoms with Crippen LogP contribution in [0.4, 0.5) is 0 Å². The van der Waals surface area contributed by atoms with Crippen LogP contribution in [0.15, 0.2) is 0 Å². The number of alkyl halides is 4. The van der Waals surface area contributed by atoms with Crippen molar-refractivity contribution in [1.29, 1.82) is 0 Å². The van der Waals surface area contributed by atoms with Crippen LogP contribution in [0.1, 0.15) is 19.8 Å². The molecule has 0 N–H and O–H groups in total.